The predicted octanol–water partition coefficient (Wildman–Crippen LogP) is 3.52. The predicted molar refractivity (Wildman–Crippen MR) is 82.4 cm³/mol. The van der Waals surface area contributed by atoms with E-state index < -0.39 is 0 Å². The third kappa shape index (κ3) is 4.03. The number of benzene rings is 1. The fourth-order valence-electron chi connectivity index (χ4n) is 2.99. The fraction of sp³-hybridized carbons (Fsp3) is 0.647. The SMILES string of the molecule is Cc1ccc(F)cc1[C@@H](CCC(C)C)N1CCNCC1. The van der Waals surface area contributed by atoms with Crippen molar-refractivity contribution in [3.05, 3.63) is 35.1 Å². The third-order valence-corrected chi connectivity index (χ3v) is 4.21. The first-order valence-corrected chi connectivity index (χ1v) is 7.78. The largest absolute Gasteiger partial charge is 0.314 e. The molecule has 0 aliphatic carbocycles. The summed E-state index contributed by atoms with van der Waals surface area (Å²) in [6.45, 7) is 10.8. The van der Waals surface area contributed by atoms with Gasteiger partial charge in [0.25, 0.3) is 0 Å². The number of hydrogen-bond donors (Lipinski definition) is 1. The quantitative estimate of drug-likeness (QED) is 0.886. The Balaban J connectivity index is 2.21. The van der Waals surface area contributed by atoms with Gasteiger partial charge in [-0.25, -0.2) is 4.39 Å². The lowest BCUT2D eigenvalue weighted by atomic mass is 9.93. The van der Waals surface area contributed by atoms with Crippen molar-refractivity contribution >= 4 is 0 Å². The Bertz CT molecular complexity index is 425. The van der Waals surface area contributed by atoms with Gasteiger partial charge in [-0.1, -0.05) is 19.9 Å². The molecule has 0 amide bonds. The number of aryl methyl sites for hydroxylation is 1. The molecule has 1 aromatic rings. The van der Waals surface area contributed by atoms with Crippen LogP contribution in [0.1, 0.15) is 43.9 Å². The van der Waals surface area contributed by atoms with Crippen molar-refractivity contribution in [1.29, 1.82) is 0 Å². The number of nitrogens with zero attached hydrogens (tertiary/aromatic N) is 1. The summed E-state index contributed by atoms with van der Waals surface area (Å²) in [5, 5.41) is 3.40. The Hall–Kier alpha value is -0.930. The molecule has 1 heterocycles. The van der Waals surface area contributed by atoms with Gasteiger partial charge in [-0.2, -0.15) is 0 Å². The first-order valence-electron chi connectivity index (χ1n) is 7.78. The van der Waals surface area contributed by atoms with E-state index in [-0.39, 0.29) is 5.82 Å². The van der Waals surface area contributed by atoms with E-state index in [1.54, 1.807) is 12.1 Å². The van der Waals surface area contributed by atoms with Crippen molar-refractivity contribution in [3.8, 4) is 0 Å². The first-order chi connectivity index (χ1) is 9.58. The molecule has 0 radical (unpaired) electrons. The Morgan fingerprint density at radius 1 is 1.20 bits per heavy atom. The van der Waals surface area contributed by atoms with E-state index in [2.05, 4.69) is 31.0 Å². The van der Waals surface area contributed by atoms with Gasteiger partial charge in [0.15, 0.2) is 0 Å². The van der Waals surface area contributed by atoms with Gasteiger partial charge >= 0.3 is 0 Å². The molecule has 2 nitrogen and oxygen atoms in total. The molecule has 0 unspecified atom stereocenters. The van der Waals surface area contributed by atoms with Crippen LogP contribution in [0.5, 0.6) is 0 Å². The summed E-state index contributed by atoms with van der Waals surface area (Å²) < 4.78 is 13.6. The molecule has 20 heavy (non-hydrogen) atoms. The smallest absolute Gasteiger partial charge is 0.123 e. The normalized spacial score (nSPS) is 18.4. The molecule has 0 aromatic heterocycles. The molecule has 1 saturated heterocycles. The number of rotatable bonds is 5. The van der Waals surface area contributed by atoms with Gasteiger partial charge in [-0.15, -0.1) is 0 Å². The van der Waals surface area contributed by atoms with E-state index in [1.807, 2.05) is 6.07 Å². The maximum atomic E-state index is 13.6. The van der Waals surface area contributed by atoms with Crippen molar-refractivity contribution in [3.63, 3.8) is 0 Å². The number of nitrogens with one attached hydrogen (secondary N) is 1. The van der Waals surface area contributed by atoms with Gasteiger partial charge in [0.1, 0.15) is 5.82 Å². The summed E-state index contributed by atoms with van der Waals surface area (Å²) in [5.41, 5.74) is 2.38. The molecule has 1 fully saturated rings. The lowest BCUT2D eigenvalue weighted by Crippen LogP contribution is -2.45. The molecule has 0 spiro atoms. The maximum Gasteiger partial charge on any atom is 0.123 e. The summed E-state index contributed by atoms with van der Waals surface area (Å²) in [5.74, 6) is 0.574. The minimum Gasteiger partial charge on any atom is -0.314 e. The third-order valence-electron chi connectivity index (χ3n) is 4.21. The highest BCUT2D eigenvalue weighted by Crippen LogP contribution is 2.30. The van der Waals surface area contributed by atoms with Crippen molar-refractivity contribution in [2.24, 2.45) is 5.92 Å². The van der Waals surface area contributed by atoms with Crippen LogP contribution < -0.4 is 5.32 Å². The number of hydrogen-bond acceptors (Lipinski definition) is 2. The molecular formula is C17H27FN2. The average molecular weight is 278 g/mol. The monoisotopic (exact) mass is 278 g/mol. The summed E-state index contributed by atoms with van der Waals surface area (Å²) in [6.07, 6.45) is 2.30. The Morgan fingerprint density at radius 3 is 2.55 bits per heavy atom. The molecule has 1 aliphatic heterocycles. The van der Waals surface area contributed by atoms with Crippen LogP contribution in [0, 0.1) is 18.7 Å². The number of halogens is 1. The number of piperazine rings is 1. The zero-order valence-electron chi connectivity index (χ0n) is 13.0. The zero-order chi connectivity index (χ0) is 14.5. The second-order valence-electron chi connectivity index (χ2n) is 6.27. The van der Waals surface area contributed by atoms with E-state index >= 15 is 0 Å². The van der Waals surface area contributed by atoms with Crippen molar-refractivity contribution in [2.45, 2.75) is 39.7 Å². The maximum absolute atomic E-state index is 13.6. The highest BCUT2D eigenvalue weighted by atomic mass is 19.1. The van der Waals surface area contributed by atoms with Crippen molar-refractivity contribution in [1.82, 2.24) is 10.2 Å². The minimum absolute atomic E-state index is 0.115. The highest BCUT2D eigenvalue weighted by Gasteiger charge is 2.23. The van der Waals surface area contributed by atoms with Crippen LogP contribution in [0.4, 0.5) is 4.39 Å². The zero-order valence-corrected chi connectivity index (χ0v) is 13.0. The van der Waals surface area contributed by atoms with Crippen LogP contribution in [0.2, 0.25) is 0 Å². The summed E-state index contributed by atoms with van der Waals surface area (Å²) in [4.78, 5) is 2.51. The summed E-state index contributed by atoms with van der Waals surface area (Å²) in [7, 11) is 0. The van der Waals surface area contributed by atoms with Gasteiger partial charge < -0.3 is 5.32 Å². The Labute approximate surface area is 122 Å². The van der Waals surface area contributed by atoms with Crippen LogP contribution in [0.15, 0.2) is 18.2 Å². The van der Waals surface area contributed by atoms with Gasteiger partial charge in [0.2, 0.25) is 0 Å². The molecule has 3 heteroatoms. The van der Waals surface area contributed by atoms with E-state index in [0.29, 0.717) is 12.0 Å². The van der Waals surface area contributed by atoms with E-state index in [4.69, 9.17) is 0 Å². The lowest BCUT2D eigenvalue weighted by Gasteiger charge is -2.36. The second-order valence-corrected chi connectivity index (χ2v) is 6.27. The van der Waals surface area contributed by atoms with Gasteiger partial charge in [-0.05, 0) is 48.9 Å². The van der Waals surface area contributed by atoms with E-state index in [9.17, 15) is 4.39 Å². The van der Waals surface area contributed by atoms with Crippen LogP contribution in [0.25, 0.3) is 0 Å². The van der Waals surface area contributed by atoms with Gasteiger partial charge in [-0.3, -0.25) is 4.90 Å². The summed E-state index contributed by atoms with van der Waals surface area (Å²) >= 11 is 0. The molecule has 0 saturated carbocycles. The van der Waals surface area contributed by atoms with Crippen LogP contribution in [0.3, 0.4) is 0 Å². The molecular weight excluding hydrogens is 251 g/mol. The second kappa shape index (κ2) is 7.19. The lowest BCUT2D eigenvalue weighted by molar-refractivity contribution is 0.159. The van der Waals surface area contributed by atoms with Crippen LogP contribution >= 0.6 is 0 Å². The molecule has 1 aliphatic rings. The highest BCUT2D eigenvalue weighted by molar-refractivity contribution is 5.29. The molecule has 112 valence electrons. The molecule has 1 aromatic carbocycles. The topological polar surface area (TPSA) is 15.3 Å². The average Bonchev–Trinajstić information content (AvgIpc) is 2.43. The molecule has 2 rings (SSSR count). The Morgan fingerprint density at radius 2 is 1.90 bits per heavy atom. The van der Waals surface area contributed by atoms with Crippen molar-refractivity contribution in [2.75, 3.05) is 26.2 Å². The van der Waals surface area contributed by atoms with E-state index in [0.717, 1.165) is 32.6 Å². The van der Waals surface area contributed by atoms with Gasteiger partial charge in [0.05, 0.1) is 0 Å². The Kier molecular flexibility index (Phi) is 5.55. The van der Waals surface area contributed by atoms with Crippen molar-refractivity contribution < 1.29 is 4.39 Å². The van der Waals surface area contributed by atoms with Crippen LogP contribution in [-0.2, 0) is 0 Å². The molecule has 1 atom stereocenters. The first kappa shape index (κ1) is 15.5. The van der Waals surface area contributed by atoms with Gasteiger partial charge in [0, 0.05) is 32.2 Å². The molecule has 0 bridgehead atoms. The van der Waals surface area contributed by atoms with Crippen LogP contribution in [-0.4, -0.2) is 31.1 Å². The fourth-order valence-corrected chi connectivity index (χ4v) is 2.99. The minimum atomic E-state index is -0.115. The molecule has 1 N–H and O–H groups in total. The summed E-state index contributed by atoms with van der Waals surface area (Å²) in [6, 6.07) is 5.57. The standard InChI is InChI=1S/C17H27FN2/c1-13(2)4-7-17(20-10-8-19-9-11-20)16-12-15(18)6-5-14(16)3/h5-6,12-13,17,19H,4,7-11H2,1-3H3/t17-/m1/s1. The van der Waals surface area contributed by atoms with E-state index in [1.165, 1.54) is 17.5 Å².